The second-order valence-corrected chi connectivity index (χ2v) is 6.54. The number of hydrogen-bond acceptors (Lipinski definition) is 7. The summed E-state index contributed by atoms with van der Waals surface area (Å²) in [6.45, 7) is -0.479. The van der Waals surface area contributed by atoms with Gasteiger partial charge in [0.15, 0.2) is 9.74 Å². The Hall–Kier alpha value is -2.78. The second kappa shape index (κ2) is 6.02. The van der Waals surface area contributed by atoms with Crippen molar-refractivity contribution in [3.63, 3.8) is 0 Å². The average Bonchev–Trinajstić information content (AvgIpc) is 2.75. The van der Waals surface area contributed by atoms with Gasteiger partial charge >= 0.3 is 11.6 Å². The summed E-state index contributed by atoms with van der Waals surface area (Å²) >= 11 is 5.99. The lowest BCUT2D eigenvalue weighted by molar-refractivity contribution is -0.137. The standard InChI is InChI=1S/C15H9NO6S2/c17-9-2-1-7-3-8(14(21)22-10(7)5-9)4-11-13(20)16(6-12(18)19)15(23)24-11/h1-5,20H,6H2,(H,18,19). The number of thiazole rings is 1. The molecule has 122 valence electrons. The molecule has 2 aromatic heterocycles. The molecule has 0 aromatic carbocycles. The molecule has 0 fully saturated rings. The minimum absolute atomic E-state index is 0.148. The van der Waals surface area contributed by atoms with Gasteiger partial charge in [0.25, 0.3) is 0 Å². The summed E-state index contributed by atoms with van der Waals surface area (Å²) < 4.78 is 6.32. The van der Waals surface area contributed by atoms with Crippen LogP contribution in [0.4, 0.5) is 0 Å². The van der Waals surface area contributed by atoms with Crippen molar-refractivity contribution in [2.45, 2.75) is 6.54 Å². The number of allylic oxidation sites excluding steroid dienone is 1. The molecule has 7 nitrogen and oxygen atoms in total. The Labute approximate surface area is 142 Å². The van der Waals surface area contributed by atoms with Crippen molar-refractivity contribution >= 4 is 53.5 Å². The Morgan fingerprint density at radius 2 is 2.12 bits per heavy atom. The van der Waals surface area contributed by atoms with Crippen LogP contribution >= 0.6 is 23.6 Å². The summed E-state index contributed by atoms with van der Waals surface area (Å²) in [5, 5.41) is 19.1. The summed E-state index contributed by atoms with van der Waals surface area (Å²) in [4.78, 5) is 34.3. The van der Waals surface area contributed by atoms with Crippen LogP contribution in [0.25, 0.3) is 18.2 Å². The van der Waals surface area contributed by atoms with E-state index in [1.165, 1.54) is 30.4 Å². The van der Waals surface area contributed by atoms with E-state index in [9.17, 15) is 19.5 Å². The lowest BCUT2D eigenvalue weighted by Gasteiger charge is -2.00. The Morgan fingerprint density at radius 1 is 1.38 bits per heavy atom. The van der Waals surface area contributed by atoms with Crippen LogP contribution in [0.2, 0.25) is 0 Å². The molecular weight excluding hydrogens is 354 g/mol. The van der Waals surface area contributed by atoms with Crippen LogP contribution in [0.3, 0.4) is 0 Å². The van der Waals surface area contributed by atoms with Gasteiger partial charge in [0.2, 0.25) is 5.88 Å². The molecule has 2 N–H and O–H groups in total. The molecular formula is C15H9NO6S2. The highest BCUT2D eigenvalue weighted by molar-refractivity contribution is 7.73. The number of nitrogens with zero attached hydrogens (tertiary/aromatic N) is 1. The number of ketones is 1. The summed E-state index contributed by atoms with van der Waals surface area (Å²) in [5.74, 6) is -1.75. The zero-order chi connectivity index (χ0) is 17.4. The van der Waals surface area contributed by atoms with Crippen LogP contribution in [0, 0.1) is 3.95 Å². The van der Waals surface area contributed by atoms with Crippen LogP contribution in [0.1, 0.15) is 10.4 Å². The molecule has 0 aliphatic heterocycles. The van der Waals surface area contributed by atoms with Gasteiger partial charge in [-0.05, 0) is 36.5 Å². The smallest absolute Gasteiger partial charge is 0.343 e. The minimum atomic E-state index is -1.15. The van der Waals surface area contributed by atoms with Gasteiger partial charge in [-0.2, -0.15) is 0 Å². The Balaban J connectivity index is 2.18. The average molecular weight is 363 g/mol. The number of carbonyl (C=O) groups excluding carboxylic acids is 1. The number of carboxylic acid groups (broad SMARTS) is 1. The monoisotopic (exact) mass is 363 g/mol. The van der Waals surface area contributed by atoms with Crippen molar-refractivity contribution < 1.29 is 24.2 Å². The fourth-order valence-electron chi connectivity index (χ4n) is 2.13. The summed E-state index contributed by atoms with van der Waals surface area (Å²) in [6, 6.07) is 1.52. The maximum atomic E-state index is 12.0. The number of aromatic nitrogens is 1. The Bertz CT molecular complexity index is 1130. The van der Waals surface area contributed by atoms with E-state index in [-0.39, 0.29) is 31.1 Å². The number of fused-ring (bicyclic) bond motifs is 1. The molecule has 0 radical (unpaired) electrons. The number of aromatic hydroxyl groups is 1. The van der Waals surface area contributed by atoms with Crippen LogP contribution in [-0.2, 0) is 16.1 Å². The molecule has 0 unspecified atom stereocenters. The zero-order valence-corrected chi connectivity index (χ0v) is 13.5. The second-order valence-electron chi connectivity index (χ2n) is 4.87. The highest BCUT2D eigenvalue weighted by Gasteiger charge is 2.13. The van der Waals surface area contributed by atoms with E-state index in [4.69, 9.17) is 21.7 Å². The van der Waals surface area contributed by atoms with E-state index in [1.54, 1.807) is 0 Å². The molecule has 0 saturated heterocycles. The molecule has 1 aliphatic carbocycles. The minimum Gasteiger partial charge on any atom is -0.493 e. The first-order valence-electron chi connectivity index (χ1n) is 6.59. The Morgan fingerprint density at radius 3 is 2.83 bits per heavy atom. The van der Waals surface area contributed by atoms with Crippen molar-refractivity contribution in [1.29, 1.82) is 0 Å². The SMILES string of the molecule is O=C1C=Cc2cc(=Cc3sc(=S)n(CC(=O)O)c3O)c(=O)oc2=C1. The van der Waals surface area contributed by atoms with Crippen LogP contribution < -0.4 is 16.3 Å². The highest BCUT2D eigenvalue weighted by atomic mass is 32.1. The topological polar surface area (TPSA) is 110 Å². The van der Waals surface area contributed by atoms with Gasteiger partial charge < -0.3 is 14.6 Å². The maximum Gasteiger partial charge on any atom is 0.343 e. The molecule has 0 bridgehead atoms. The molecule has 2 aromatic rings. The summed E-state index contributed by atoms with van der Waals surface area (Å²) in [6.07, 6.45) is 5.45. The lowest BCUT2D eigenvalue weighted by Crippen LogP contribution is -2.30. The van der Waals surface area contributed by atoms with Crippen molar-refractivity contribution in [3.8, 4) is 5.88 Å². The molecule has 0 atom stereocenters. The number of aliphatic carboxylic acids is 1. The fourth-order valence-corrected chi connectivity index (χ4v) is 3.39. The molecule has 9 heteroatoms. The van der Waals surface area contributed by atoms with E-state index < -0.39 is 18.1 Å². The lowest BCUT2D eigenvalue weighted by atomic mass is 10.1. The van der Waals surface area contributed by atoms with Crippen molar-refractivity contribution in [3.05, 3.63) is 47.6 Å². The number of rotatable bonds is 3. The van der Waals surface area contributed by atoms with Gasteiger partial charge in [-0.3, -0.25) is 14.2 Å². The van der Waals surface area contributed by atoms with Gasteiger partial charge in [-0.25, -0.2) is 4.79 Å². The third-order valence-electron chi connectivity index (χ3n) is 3.21. The third-order valence-corrected chi connectivity index (χ3v) is 4.59. The molecule has 1 aliphatic rings. The van der Waals surface area contributed by atoms with E-state index in [0.29, 0.717) is 5.56 Å². The highest BCUT2D eigenvalue weighted by Crippen LogP contribution is 2.26. The number of carbonyl (C=O) groups is 2. The van der Waals surface area contributed by atoms with E-state index in [1.807, 2.05) is 0 Å². The molecule has 2 heterocycles. The van der Waals surface area contributed by atoms with Crippen LogP contribution in [-0.4, -0.2) is 26.5 Å². The molecule has 24 heavy (non-hydrogen) atoms. The van der Waals surface area contributed by atoms with Gasteiger partial charge in [0.05, 0.1) is 10.1 Å². The van der Waals surface area contributed by atoms with Crippen molar-refractivity contribution in [2.24, 2.45) is 0 Å². The van der Waals surface area contributed by atoms with Crippen molar-refractivity contribution in [1.82, 2.24) is 4.57 Å². The summed E-state index contributed by atoms with van der Waals surface area (Å²) in [5.41, 5.74) is 0.0371. The summed E-state index contributed by atoms with van der Waals surface area (Å²) in [7, 11) is 0. The van der Waals surface area contributed by atoms with Crippen LogP contribution in [0.15, 0.2) is 21.4 Å². The van der Waals surface area contributed by atoms with Gasteiger partial charge in [-0.1, -0.05) is 0 Å². The first-order chi connectivity index (χ1) is 11.3. The van der Waals surface area contributed by atoms with Crippen LogP contribution in [0.5, 0.6) is 5.88 Å². The van der Waals surface area contributed by atoms with Gasteiger partial charge in [-0.15, -0.1) is 11.3 Å². The largest absolute Gasteiger partial charge is 0.493 e. The first kappa shape index (κ1) is 16.1. The fraction of sp³-hybridized carbons (Fsp3) is 0.0667. The maximum absolute atomic E-state index is 12.0. The predicted octanol–water partition coefficient (Wildman–Crippen LogP) is 0.228. The predicted molar refractivity (Wildman–Crippen MR) is 88.7 cm³/mol. The van der Waals surface area contributed by atoms with Gasteiger partial charge in [0, 0.05) is 11.6 Å². The number of hydrogen-bond donors (Lipinski definition) is 2. The molecule has 3 rings (SSSR count). The molecule has 0 saturated carbocycles. The first-order valence-corrected chi connectivity index (χ1v) is 7.81. The third kappa shape index (κ3) is 2.99. The van der Waals surface area contributed by atoms with E-state index >= 15 is 0 Å². The zero-order valence-electron chi connectivity index (χ0n) is 11.9. The van der Waals surface area contributed by atoms with Crippen molar-refractivity contribution in [2.75, 3.05) is 0 Å². The normalized spacial score (nSPS) is 13.7. The van der Waals surface area contributed by atoms with E-state index in [0.717, 1.165) is 15.9 Å². The molecule has 0 amide bonds. The Kier molecular flexibility index (Phi) is 4.04. The molecule has 0 spiro atoms. The number of carboxylic acids is 1. The quantitative estimate of drug-likeness (QED) is 0.751. The van der Waals surface area contributed by atoms with E-state index in [2.05, 4.69) is 0 Å². The van der Waals surface area contributed by atoms with Gasteiger partial charge in [0.1, 0.15) is 12.0 Å².